The lowest BCUT2D eigenvalue weighted by Crippen LogP contribution is -2.51. The van der Waals surface area contributed by atoms with E-state index in [2.05, 4.69) is 56.6 Å². The number of fused-ring (bicyclic) bond motifs is 7. The van der Waals surface area contributed by atoms with Crippen LogP contribution in [0.4, 0.5) is 8.78 Å². The molecule has 0 radical (unpaired) electrons. The summed E-state index contributed by atoms with van der Waals surface area (Å²) in [6.45, 7) is 13.8. The van der Waals surface area contributed by atoms with Crippen molar-refractivity contribution in [3.63, 3.8) is 0 Å². The third-order valence-corrected chi connectivity index (χ3v) is 16.7. The lowest BCUT2D eigenvalue weighted by Gasteiger charge is -2.58. The Morgan fingerprint density at radius 3 is 2.44 bits per heavy atom. The normalized spacial score (nSPS) is 26.4. The van der Waals surface area contributed by atoms with Gasteiger partial charge in [-0.1, -0.05) is 71.6 Å². The minimum absolute atomic E-state index is 0.00499. The summed E-state index contributed by atoms with van der Waals surface area (Å²) in [4.78, 5) is 50.6. The molecule has 1 aliphatic heterocycles. The van der Waals surface area contributed by atoms with Crippen molar-refractivity contribution in [2.75, 3.05) is 19.6 Å². The van der Waals surface area contributed by atoms with Crippen LogP contribution in [0, 0.1) is 58.0 Å². The molecule has 3 fully saturated rings. The number of carbonyl (C=O) groups excluding carboxylic acids is 2. The first-order chi connectivity index (χ1) is 31.5. The van der Waals surface area contributed by atoms with Crippen molar-refractivity contribution >= 4 is 28.8 Å². The number of nitrogens with one attached hydrogen (secondary N) is 3. The summed E-state index contributed by atoms with van der Waals surface area (Å²) in [5, 5.41) is 29.6. The second kappa shape index (κ2) is 19.2. The first kappa shape index (κ1) is 47.4. The van der Waals surface area contributed by atoms with Crippen molar-refractivity contribution in [2.24, 2.45) is 46.3 Å². The molecule has 5 aliphatic carbocycles. The molecule has 0 spiro atoms. The smallest absolute Gasteiger partial charge is 0.336 e. The first-order valence-electron chi connectivity index (χ1n) is 24.4. The van der Waals surface area contributed by atoms with E-state index < -0.39 is 34.7 Å². The molecule has 8 rings (SSSR count). The number of aromatic hydroxyl groups is 1. The Bertz CT molecular complexity index is 2550. The van der Waals surface area contributed by atoms with Crippen LogP contribution < -0.4 is 21.4 Å². The second-order valence-electron chi connectivity index (χ2n) is 21.0. The number of aromatic carboxylic acids is 1. The second-order valence-corrected chi connectivity index (χ2v) is 21.0. The van der Waals surface area contributed by atoms with Gasteiger partial charge in [0.15, 0.2) is 17.4 Å². The van der Waals surface area contributed by atoms with Crippen LogP contribution in [0.1, 0.15) is 139 Å². The molecule has 12 heteroatoms. The molecule has 0 unspecified atom stereocenters. The lowest BCUT2D eigenvalue weighted by atomic mass is 9.47. The fourth-order valence-electron chi connectivity index (χ4n) is 13.2. The summed E-state index contributed by atoms with van der Waals surface area (Å²) in [5.74, 6) is -0.319. The Hall–Kier alpha value is -5.10. The van der Waals surface area contributed by atoms with Gasteiger partial charge in [-0.3, -0.25) is 14.4 Å². The van der Waals surface area contributed by atoms with E-state index in [0.717, 1.165) is 85.2 Å². The van der Waals surface area contributed by atoms with Crippen molar-refractivity contribution in [1.29, 1.82) is 0 Å². The van der Waals surface area contributed by atoms with Crippen LogP contribution in [0.15, 0.2) is 63.3 Å². The molecule has 2 aromatic rings. The number of allylic oxidation sites excluding steroid dienone is 1. The SMILES string of the molecule is CC(C)CCC[C@@H](C)[C@H]1CC[C@H]2[C@@H]3CC=C4C[C@@H](NCCCNC(=O)CCNC(=O)c5ccc(-c6c7cc(F)c(=O)cc-7oc7cc(O)c(F)cc67)c(C(=O)O)c5)CC[C@]4(C)[C@H]3CC[C@]12C. The maximum atomic E-state index is 14.6. The van der Waals surface area contributed by atoms with E-state index in [0.29, 0.717) is 23.4 Å². The number of phenolic OH excluding ortho intramolecular Hbond substituents is 1. The van der Waals surface area contributed by atoms with Gasteiger partial charge >= 0.3 is 5.97 Å². The van der Waals surface area contributed by atoms with Gasteiger partial charge in [-0.05, 0) is 140 Å². The molecule has 0 bridgehead atoms. The number of phenols is 1. The van der Waals surface area contributed by atoms with Gasteiger partial charge < -0.3 is 30.6 Å². The number of carboxylic acids is 1. The molecule has 0 aromatic heterocycles. The van der Waals surface area contributed by atoms with Crippen LogP contribution in [0.3, 0.4) is 0 Å². The lowest BCUT2D eigenvalue weighted by molar-refractivity contribution is -0.120. The summed E-state index contributed by atoms with van der Waals surface area (Å²) in [7, 11) is 0. The summed E-state index contributed by atoms with van der Waals surface area (Å²) in [6.07, 6.45) is 17.9. The van der Waals surface area contributed by atoms with Crippen LogP contribution in [-0.4, -0.2) is 53.7 Å². The van der Waals surface area contributed by atoms with E-state index in [9.17, 15) is 38.2 Å². The van der Waals surface area contributed by atoms with Gasteiger partial charge in [-0.25, -0.2) is 13.6 Å². The zero-order valence-corrected chi connectivity index (χ0v) is 39.2. The minimum Gasteiger partial charge on any atom is -0.505 e. The summed E-state index contributed by atoms with van der Waals surface area (Å²) >= 11 is 0. The Labute approximate surface area is 386 Å². The number of benzene rings is 3. The highest BCUT2D eigenvalue weighted by Gasteiger charge is 2.59. The quantitative estimate of drug-likeness (QED) is 0.0422. The highest BCUT2D eigenvalue weighted by Crippen LogP contribution is 2.67. The molecule has 354 valence electrons. The molecule has 1 heterocycles. The topological polar surface area (TPSA) is 158 Å². The number of hydrogen-bond acceptors (Lipinski definition) is 7. The zero-order chi connectivity index (χ0) is 47.1. The highest BCUT2D eigenvalue weighted by atomic mass is 19.1. The van der Waals surface area contributed by atoms with Crippen molar-refractivity contribution in [1.82, 2.24) is 16.0 Å². The Balaban J connectivity index is 0.799. The molecule has 6 aliphatic rings. The minimum atomic E-state index is -1.43. The van der Waals surface area contributed by atoms with E-state index in [4.69, 9.17) is 4.42 Å². The van der Waals surface area contributed by atoms with Crippen molar-refractivity contribution < 1.29 is 37.8 Å². The molecule has 10 nitrogen and oxygen atoms in total. The summed E-state index contributed by atoms with van der Waals surface area (Å²) < 4.78 is 34.9. The predicted octanol–water partition coefficient (Wildman–Crippen LogP) is 10.9. The van der Waals surface area contributed by atoms with Crippen LogP contribution in [0.25, 0.3) is 33.4 Å². The number of rotatable bonds is 16. The molecule has 2 amide bonds. The number of carbonyl (C=O) groups is 3. The van der Waals surface area contributed by atoms with Gasteiger partial charge in [0, 0.05) is 59.8 Å². The maximum Gasteiger partial charge on any atom is 0.336 e. The van der Waals surface area contributed by atoms with Gasteiger partial charge in [0.2, 0.25) is 11.3 Å². The van der Waals surface area contributed by atoms with E-state index in [1.54, 1.807) is 5.57 Å². The number of carboxylic acid groups (broad SMARTS) is 1. The van der Waals surface area contributed by atoms with Crippen LogP contribution in [0.2, 0.25) is 0 Å². The Morgan fingerprint density at radius 2 is 1.67 bits per heavy atom. The summed E-state index contributed by atoms with van der Waals surface area (Å²) in [6, 6.07) is 7.95. The number of amides is 2. The average Bonchev–Trinajstić information content (AvgIpc) is 3.63. The van der Waals surface area contributed by atoms with Gasteiger partial charge in [-0.2, -0.15) is 0 Å². The number of halogens is 2. The molecular formula is C54H67F2N3O7. The standard InChI is InChI=1S/C54H67F2N3O7/c1-30(2)8-6-9-31(3)40-14-15-41-36-13-11-33-25-34(16-19-53(33,4)42(36)17-20-54(40,41)5)57-21-7-22-58-49(62)18-23-59-51(63)32-10-12-35(37(24-32)52(64)65)50-38-26-43(55)45(60)28-47(38)66-48-29-46(61)44(56)27-39(48)50/h10-12,24,26-31,34,36,40-42,57,60H,6-9,13-23,25H2,1-5H3,(H,58,62)(H,59,63)(H,64,65)/t31-,34+,36+,40-,41+,42+,53+,54-/m1/s1. The molecule has 8 atom stereocenters. The third kappa shape index (κ3) is 9.28. The van der Waals surface area contributed by atoms with Gasteiger partial charge in [0.1, 0.15) is 11.3 Å². The van der Waals surface area contributed by atoms with E-state index in [1.165, 1.54) is 76.3 Å². The number of hydrogen-bond donors (Lipinski definition) is 5. The van der Waals surface area contributed by atoms with Gasteiger partial charge in [0.25, 0.3) is 5.91 Å². The fraction of sp³-hybridized carbons (Fsp3) is 0.556. The molecule has 66 heavy (non-hydrogen) atoms. The van der Waals surface area contributed by atoms with Gasteiger partial charge in [0.05, 0.1) is 5.56 Å². The Morgan fingerprint density at radius 1 is 0.864 bits per heavy atom. The fourth-order valence-corrected chi connectivity index (χ4v) is 13.2. The summed E-state index contributed by atoms with van der Waals surface area (Å²) in [5.41, 5.74) is 1.06. The molecule has 5 N–H and O–H groups in total. The zero-order valence-electron chi connectivity index (χ0n) is 39.2. The average molecular weight is 908 g/mol. The molecule has 3 saturated carbocycles. The van der Waals surface area contributed by atoms with E-state index in [1.807, 2.05) is 0 Å². The molecule has 0 saturated heterocycles. The van der Waals surface area contributed by atoms with Crippen molar-refractivity contribution in [3.8, 4) is 28.2 Å². The van der Waals surface area contributed by atoms with Crippen LogP contribution >= 0.6 is 0 Å². The van der Waals surface area contributed by atoms with Crippen LogP contribution in [-0.2, 0) is 4.79 Å². The van der Waals surface area contributed by atoms with Gasteiger partial charge in [-0.15, -0.1) is 0 Å². The first-order valence-corrected chi connectivity index (χ1v) is 24.4. The van der Waals surface area contributed by atoms with Crippen LogP contribution in [0.5, 0.6) is 5.75 Å². The molecule has 2 aromatic carbocycles. The third-order valence-electron chi connectivity index (χ3n) is 16.7. The largest absolute Gasteiger partial charge is 0.505 e. The monoisotopic (exact) mass is 907 g/mol. The van der Waals surface area contributed by atoms with Crippen molar-refractivity contribution in [3.05, 3.63) is 87.1 Å². The van der Waals surface area contributed by atoms with Crippen molar-refractivity contribution in [2.45, 2.75) is 124 Å². The van der Waals surface area contributed by atoms with E-state index >= 15 is 0 Å². The van der Waals surface area contributed by atoms with E-state index in [-0.39, 0.29) is 63.4 Å². The molecular weight excluding hydrogens is 841 g/mol. The predicted molar refractivity (Wildman–Crippen MR) is 252 cm³/mol. The maximum absolute atomic E-state index is 14.6. The highest BCUT2D eigenvalue weighted by molar-refractivity contribution is 6.09. The Kier molecular flexibility index (Phi) is 13.8.